The van der Waals surface area contributed by atoms with E-state index in [0.717, 1.165) is 11.4 Å². The van der Waals surface area contributed by atoms with Crippen molar-refractivity contribution in [3.05, 3.63) is 35.8 Å². The predicted molar refractivity (Wildman–Crippen MR) is 105 cm³/mol. The number of hydrogen-bond acceptors (Lipinski definition) is 4. The highest BCUT2D eigenvalue weighted by Gasteiger charge is 2.30. The summed E-state index contributed by atoms with van der Waals surface area (Å²) < 4.78 is 1.76. The Morgan fingerprint density at radius 2 is 1.88 bits per heavy atom. The Hall–Kier alpha value is -2.57. The second-order valence-corrected chi connectivity index (χ2v) is 8.39. The molecule has 2 rings (SSSR count). The van der Waals surface area contributed by atoms with Crippen LogP contribution in [0.2, 0.25) is 0 Å². The lowest BCUT2D eigenvalue weighted by atomic mass is 9.91. The standard InChI is InChI=1S/C19H30N6O/c1-18(2,3)15-14(16(20)25(24-15)19(4,5)6)23-17(26)22-12-10-13-9-7-8-11-21-13/h7-9,11H,10,12,20H2,1-6H3,(H2,22,23,26). The molecule has 0 fully saturated rings. The lowest BCUT2D eigenvalue weighted by Gasteiger charge is -2.21. The maximum atomic E-state index is 12.4. The van der Waals surface area contributed by atoms with Crippen LogP contribution in [-0.2, 0) is 17.4 Å². The fourth-order valence-corrected chi connectivity index (χ4v) is 2.60. The van der Waals surface area contributed by atoms with Crippen molar-refractivity contribution in [1.29, 1.82) is 0 Å². The molecule has 0 saturated carbocycles. The van der Waals surface area contributed by atoms with Crippen LogP contribution in [0.3, 0.4) is 0 Å². The lowest BCUT2D eigenvalue weighted by Crippen LogP contribution is -2.31. The van der Waals surface area contributed by atoms with Crippen LogP contribution in [0.5, 0.6) is 0 Å². The first kappa shape index (κ1) is 19.8. The maximum absolute atomic E-state index is 12.4. The van der Waals surface area contributed by atoms with Gasteiger partial charge >= 0.3 is 6.03 Å². The summed E-state index contributed by atoms with van der Waals surface area (Å²) in [6.07, 6.45) is 2.41. The third-order valence-corrected chi connectivity index (χ3v) is 3.90. The Labute approximate surface area is 155 Å². The average molecular weight is 358 g/mol. The van der Waals surface area contributed by atoms with Crippen LogP contribution in [0.1, 0.15) is 52.9 Å². The molecule has 0 bridgehead atoms. The monoisotopic (exact) mass is 358 g/mol. The van der Waals surface area contributed by atoms with E-state index in [9.17, 15) is 4.79 Å². The van der Waals surface area contributed by atoms with Gasteiger partial charge in [-0.05, 0) is 32.9 Å². The Bertz CT molecular complexity index is 753. The molecule has 7 nitrogen and oxygen atoms in total. The number of nitrogens with one attached hydrogen (secondary N) is 2. The van der Waals surface area contributed by atoms with Gasteiger partial charge in [0, 0.05) is 30.3 Å². The van der Waals surface area contributed by atoms with E-state index < -0.39 is 0 Å². The van der Waals surface area contributed by atoms with Crippen LogP contribution in [0.25, 0.3) is 0 Å². The van der Waals surface area contributed by atoms with Gasteiger partial charge in [0.25, 0.3) is 0 Å². The highest BCUT2D eigenvalue weighted by atomic mass is 16.2. The van der Waals surface area contributed by atoms with Crippen molar-refractivity contribution in [2.75, 3.05) is 17.6 Å². The molecule has 0 aromatic carbocycles. The number of nitrogens with two attached hydrogens (primary N) is 1. The molecule has 2 heterocycles. The van der Waals surface area contributed by atoms with Crippen LogP contribution in [0.15, 0.2) is 24.4 Å². The number of hydrogen-bond donors (Lipinski definition) is 3. The molecular weight excluding hydrogens is 328 g/mol. The zero-order chi connectivity index (χ0) is 19.5. The van der Waals surface area contributed by atoms with E-state index >= 15 is 0 Å². The van der Waals surface area contributed by atoms with Crippen LogP contribution >= 0.6 is 0 Å². The third kappa shape index (κ3) is 4.74. The Balaban J connectivity index is 2.12. The second-order valence-electron chi connectivity index (χ2n) is 8.39. The summed E-state index contributed by atoms with van der Waals surface area (Å²) in [6, 6.07) is 5.43. The number of urea groups is 1. The molecule has 0 aliphatic carbocycles. The number of amides is 2. The van der Waals surface area contributed by atoms with Gasteiger partial charge in [0.05, 0.1) is 11.2 Å². The van der Waals surface area contributed by atoms with Crippen molar-refractivity contribution in [3.8, 4) is 0 Å². The zero-order valence-electron chi connectivity index (χ0n) is 16.6. The van der Waals surface area contributed by atoms with E-state index in [4.69, 9.17) is 5.73 Å². The second kappa shape index (κ2) is 7.35. The van der Waals surface area contributed by atoms with E-state index in [-0.39, 0.29) is 17.0 Å². The molecule has 4 N–H and O–H groups in total. The fourth-order valence-electron chi connectivity index (χ4n) is 2.60. The molecule has 2 amide bonds. The van der Waals surface area contributed by atoms with Crippen LogP contribution in [0, 0.1) is 0 Å². The first-order chi connectivity index (χ1) is 12.0. The van der Waals surface area contributed by atoms with E-state index in [0.29, 0.717) is 24.5 Å². The van der Waals surface area contributed by atoms with Crippen molar-refractivity contribution < 1.29 is 4.79 Å². The van der Waals surface area contributed by atoms with Gasteiger partial charge in [0.15, 0.2) is 0 Å². The summed E-state index contributed by atoms with van der Waals surface area (Å²) in [5, 5.41) is 10.4. The number of carbonyl (C=O) groups excluding carboxylic acids is 1. The minimum atomic E-state index is -0.299. The van der Waals surface area contributed by atoms with Crippen LogP contribution in [-0.4, -0.2) is 27.3 Å². The highest BCUT2D eigenvalue weighted by molar-refractivity contribution is 5.93. The van der Waals surface area contributed by atoms with Gasteiger partial charge in [0.1, 0.15) is 11.5 Å². The number of aromatic nitrogens is 3. The van der Waals surface area contributed by atoms with Crippen LogP contribution < -0.4 is 16.4 Å². The zero-order valence-corrected chi connectivity index (χ0v) is 16.6. The molecule has 0 aliphatic rings. The Kier molecular flexibility index (Phi) is 5.59. The Morgan fingerprint density at radius 3 is 2.42 bits per heavy atom. The normalized spacial score (nSPS) is 12.1. The number of nitrogens with zero attached hydrogens (tertiary/aromatic N) is 3. The lowest BCUT2D eigenvalue weighted by molar-refractivity contribution is 0.252. The largest absolute Gasteiger partial charge is 0.382 e. The van der Waals surface area contributed by atoms with Crippen molar-refractivity contribution >= 4 is 17.5 Å². The molecule has 26 heavy (non-hydrogen) atoms. The van der Waals surface area contributed by atoms with Gasteiger partial charge in [-0.15, -0.1) is 0 Å². The predicted octanol–water partition coefficient (Wildman–Crippen LogP) is 3.28. The molecule has 0 saturated heterocycles. The third-order valence-electron chi connectivity index (χ3n) is 3.90. The molecule has 2 aromatic heterocycles. The quantitative estimate of drug-likeness (QED) is 0.781. The molecule has 0 atom stereocenters. The Morgan fingerprint density at radius 1 is 1.19 bits per heavy atom. The van der Waals surface area contributed by atoms with E-state index in [1.54, 1.807) is 10.9 Å². The van der Waals surface area contributed by atoms with E-state index in [1.165, 1.54) is 0 Å². The molecule has 142 valence electrons. The van der Waals surface area contributed by atoms with Crippen molar-refractivity contribution in [2.45, 2.75) is 58.9 Å². The summed E-state index contributed by atoms with van der Waals surface area (Å²) in [5.74, 6) is 0.460. The maximum Gasteiger partial charge on any atom is 0.319 e. The molecular formula is C19H30N6O. The smallest absolute Gasteiger partial charge is 0.319 e. The van der Waals surface area contributed by atoms with Gasteiger partial charge in [0.2, 0.25) is 0 Å². The highest BCUT2D eigenvalue weighted by Crippen LogP contribution is 2.35. The van der Waals surface area contributed by atoms with Crippen molar-refractivity contribution in [3.63, 3.8) is 0 Å². The molecule has 0 unspecified atom stereocenters. The minimum Gasteiger partial charge on any atom is -0.382 e. The summed E-state index contributed by atoms with van der Waals surface area (Å²) in [5.41, 5.74) is 8.05. The van der Waals surface area contributed by atoms with Gasteiger partial charge in [-0.2, -0.15) is 5.10 Å². The van der Waals surface area contributed by atoms with Gasteiger partial charge < -0.3 is 16.4 Å². The SMILES string of the molecule is CC(C)(C)c1nn(C(C)(C)C)c(N)c1NC(=O)NCCc1ccccn1. The first-order valence-electron chi connectivity index (χ1n) is 8.84. The van der Waals surface area contributed by atoms with Gasteiger partial charge in [-0.25, -0.2) is 9.48 Å². The molecule has 0 aliphatic heterocycles. The summed E-state index contributed by atoms with van der Waals surface area (Å²) in [4.78, 5) is 16.6. The first-order valence-corrected chi connectivity index (χ1v) is 8.84. The summed E-state index contributed by atoms with van der Waals surface area (Å²) in [7, 11) is 0. The van der Waals surface area contributed by atoms with Crippen LogP contribution in [0.4, 0.5) is 16.3 Å². The summed E-state index contributed by atoms with van der Waals surface area (Å²) in [6.45, 7) is 12.7. The average Bonchev–Trinajstić information content (AvgIpc) is 2.85. The topological polar surface area (TPSA) is 97.9 Å². The van der Waals surface area contributed by atoms with Gasteiger partial charge in [-0.1, -0.05) is 26.8 Å². The molecule has 0 radical (unpaired) electrons. The van der Waals surface area contributed by atoms with Gasteiger partial charge in [-0.3, -0.25) is 4.98 Å². The fraction of sp³-hybridized carbons (Fsp3) is 0.526. The van der Waals surface area contributed by atoms with E-state index in [2.05, 4.69) is 20.7 Å². The number of anilines is 2. The summed E-state index contributed by atoms with van der Waals surface area (Å²) >= 11 is 0. The number of nitrogen functional groups attached to an aromatic ring is 1. The number of rotatable bonds is 4. The van der Waals surface area contributed by atoms with Crippen molar-refractivity contribution in [1.82, 2.24) is 20.1 Å². The molecule has 2 aromatic rings. The van der Waals surface area contributed by atoms with Crippen molar-refractivity contribution in [2.24, 2.45) is 0 Å². The minimum absolute atomic E-state index is 0.249. The van der Waals surface area contributed by atoms with E-state index in [1.807, 2.05) is 59.7 Å². The molecule has 7 heteroatoms. The molecule has 0 spiro atoms. The number of carbonyl (C=O) groups is 1. The number of pyridine rings is 1.